The van der Waals surface area contributed by atoms with Crippen LogP contribution in [0, 0.1) is 5.82 Å². The van der Waals surface area contributed by atoms with Gasteiger partial charge in [-0.05, 0) is 43.3 Å². The van der Waals surface area contributed by atoms with Crippen molar-refractivity contribution in [2.45, 2.75) is 11.8 Å². The Balaban J connectivity index is 1.85. The summed E-state index contributed by atoms with van der Waals surface area (Å²) in [5, 5.41) is 0. The van der Waals surface area contributed by atoms with E-state index in [-0.39, 0.29) is 35.8 Å². The van der Waals surface area contributed by atoms with Crippen LogP contribution in [0.1, 0.15) is 17.3 Å². The Morgan fingerprint density at radius 3 is 2.59 bits per heavy atom. The maximum absolute atomic E-state index is 14.1. The van der Waals surface area contributed by atoms with E-state index in [1.54, 1.807) is 25.1 Å². The summed E-state index contributed by atoms with van der Waals surface area (Å²) in [5.41, 5.74) is 0.666. The molecule has 2 aliphatic heterocycles. The number of halogens is 1. The minimum atomic E-state index is -4.20. The molecule has 0 radical (unpaired) electrons. The molecule has 0 N–H and O–H groups in total. The monoisotopic (exact) mass is 460 g/mol. The molecule has 8 nitrogen and oxygen atoms in total. The SMILES string of the molecule is CCOC(=O)c1cccc(N2C=C(C(=O)N3CCOCC3)S(=O)(=O)c3ccc(F)cc32)c1. The number of benzene rings is 2. The Bertz CT molecular complexity index is 1200. The fourth-order valence-corrected chi connectivity index (χ4v) is 5.10. The highest BCUT2D eigenvalue weighted by Crippen LogP contribution is 2.40. The smallest absolute Gasteiger partial charge is 0.338 e. The average molecular weight is 460 g/mol. The zero-order valence-corrected chi connectivity index (χ0v) is 18.1. The number of ether oxygens (including phenoxy) is 2. The van der Waals surface area contributed by atoms with Gasteiger partial charge in [0.1, 0.15) is 5.82 Å². The maximum Gasteiger partial charge on any atom is 0.338 e. The number of sulfone groups is 1. The van der Waals surface area contributed by atoms with Crippen molar-refractivity contribution in [3.8, 4) is 0 Å². The number of hydrogen-bond donors (Lipinski definition) is 0. The van der Waals surface area contributed by atoms with Gasteiger partial charge in [0.2, 0.25) is 9.84 Å². The van der Waals surface area contributed by atoms with E-state index < -0.39 is 32.4 Å². The van der Waals surface area contributed by atoms with Crippen molar-refractivity contribution in [3.05, 3.63) is 65.0 Å². The third-order valence-electron chi connectivity index (χ3n) is 5.15. The molecule has 1 amide bonds. The van der Waals surface area contributed by atoms with Crippen molar-refractivity contribution < 1.29 is 31.9 Å². The summed E-state index contributed by atoms with van der Waals surface area (Å²) >= 11 is 0. The summed E-state index contributed by atoms with van der Waals surface area (Å²) in [5.74, 6) is -1.84. The van der Waals surface area contributed by atoms with E-state index in [2.05, 4.69) is 0 Å². The number of nitrogens with zero attached hydrogens (tertiary/aromatic N) is 2. The fraction of sp³-hybridized carbons (Fsp3) is 0.273. The topological polar surface area (TPSA) is 93.2 Å². The number of hydrogen-bond acceptors (Lipinski definition) is 7. The molecule has 0 aliphatic carbocycles. The lowest BCUT2D eigenvalue weighted by Gasteiger charge is -2.32. The third kappa shape index (κ3) is 3.98. The number of anilines is 2. The van der Waals surface area contributed by atoms with E-state index in [0.29, 0.717) is 18.9 Å². The molecule has 0 saturated carbocycles. The van der Waals surface area contributed by atoms with Gasteiger partial charge >= 0.3 is 5.97 Å². The summed E-state index contributed by atoms with van der Waals surface area (Å²) in [4.78, 5) is 27.5. The first-order valence-electron chi connectivity index (χ1n) is 10.0. The van der Waals surface area contributed by atoms with Crippen LogP contribution < -0.4 is 4.90 Å². The molecule has 1 fully saturated rings. The van der Waals surface area contributed by atoms with Gasteiger partial charge < -0.3 is 19.3 Å². The Morgan fingerprint density at radius 2 is 1.88 bits per heavy atom. The van der Waals surface area contributed by atoms with Crippen LogP contribution in [-0.2, 0) is 24.1 Å². The van der Waals surface area contributed by atoms with E-state index in [0.717, 1.165) is 18.2 Å². The number of rotatable bonds is 4. The van der Waals surface area contributed by atoms with Gasteiger partial charge in [0, 0.05) is 25.0 Å². The first-order chi connectivity index (χ1) is 15.3. The zero-order valence-electron chi connectivity index (χ0n) is 17.3. The van der Waals surface area contributed by atoms with Gasteiger partial charge in [-0.3, -0.25) is 4.79 Å². The second-order valence-corrected chi connectivity index (χ2v) is 9.04. The highest BCUT2D eigenvalue weighted by Gasteiger charge is 2.38. The molecule has 0 spiro atoms. The lowest BCUT2D eigenvalue weighted by Crippen LogP contribution is -2.43. The van der Waals surface area contributed by atoms with Crippen LogP contribution in [0.4, 0.5) is 15.8 Å². The molecule has 168 valence electrons. The molecule has 0 bridgehead atoms. The number of carbonyl (C=O) groups is 2. The van der Waals surface area contributed by atoms with E-state index in [9.17, 15) is 22.4 Å². The molecule has 2 aromatic carbocycles. The first-order valence-corrected chi connectivity index (χ1v) is 11.5. The van der Waals surface area contributed by atoms with Crippen LogP contribution in [0.15, 0.2) is 58.5 Å². The Morgan fingerprint density at radius 1 is 1.12 bits per heavy atom. The van der Waals surface area contributed by atoms with Crippen LogP contribution in [0.3, 0.4) is 0 Å². The quantitative estimate of drug-likeness (QED) is 0.512. The van der Waals surface area contributed by atoms with E-state index >= 15 is 0 Å². The summed E-state index contributed by atoms with van der Waals surface area (Å²) in [6, 6.07) is 9.53. The molecule has 32 heavy (non-hydrogen) atoms. The molecule has 2 aliphatic rings. The number of fused-ring (bicyclic) bond motifs is 1. The number of carbonyl (C=O) groups excluding carboxylic acids is 2. The largest absolute Gasteiger partial charge is 0.462 e. The maximum atomic E-state index is 14.1. The second kappa shape index (κ2) is 8.71. The van der Waals surface area contributed by atoms with Gasteiger partial charge in [-0.2, -0.15) is 0 Å². The summed E-state index contributed by atoms with van der Waals surface area (Å²) < 4.78 is 50.9. The normalized spacial score (nSPS) is 17.4. The van der Waals surface area contributed by atoms with E-state index in [1.807, 2.05) is 0 Å². The molecule has 4 rings (SSSR count). The predicted octanol–water partition coefficient (Wildman–Crippen LogP) is 2.63. The lowest BCUT2D eigenvalue weighted by molar-refractivity contribution is -0.130. The summed E-state index contributed by atoms with van der Waals surface area (Å²) in [6.45, 7) is 3.03. The molecule has 0 aromatic heterocycles. The van der Waals surface area contributed by atoms with Crippen molar-refractivity contribution in [1.29, 1.82) is 0 Å². The van der Waals surface area contributed by atoms with Crippen LogP contribution in [0.5, 0.6) is 0 Å². The van der Waals surface area contributed by atoms with Crippen LogP contribution in [0.25, 0.3) is 0 Å². The first kappa shape index (κ1) is 22.0. The lowest BCUT2D eigenvalue weighted by atomic mass is 10.1. The molecular formula is C22H21FN2O6S. The standard InChI is InChI=1S/C22H21FN2O6S/c1-2-31-22(27)15-4-3-5-17(12-15)25-14-20(21(26)24-8-10-30-11-9-24)32(28,29)19-7-6-16(23)13-18(19)25/h3-7,12-14H,2,8-11H2,1H3. The van der Waals surface area contributed by atoms with Crippen molar-refractivity contribution >= 4 is 33.1 Å². The van der Waals surface area contributed by atoms with Gasteiger partial charge in [-0.25, -0.2) is 17.6 Å². The molecule has 2 aromatic rings. The molecule has 10 heteroatoms. The Labute approximate surface area is 184 Å². The number of esters is 1. The van der Waals surface area contributed by atoms with Gasteiger partial charge in [0.15, 0.2) is 4.91 Å². The van der Waals surface area contributed by atoms with Crippen molar-refractivity contribution in [3.63, 3.8) is 0 Å². The molecule has 0 unspecified atom stereocenters. The second-order valence-electron chi connectivity index (χ2n) is 7.15. The van der Waals surface area contributed by atoms with Gasteiger partial charge in [-0.15, -0.1) is 0 Å². The number of morpholine rings is 1. The number of amides is 1. The minimum Gasteiger partial charge on any atom is -0.462 e. The molecular weight excluding hydrogens is 439 g/mol. The molecule has 1 saturated heterocycles. The average Bonchev–Trinajstić information content (AvgIpc) is 2.79. The molecule has 0 atom stereocenters. The van der Waals surface area contributed by atoms with Gasteiger partial charge in [-0.1, -0.05) is 6.07 Å². The highest BCUT2D eigenvalue weighted by atomic mass is 32.2. The summed E-state index contributed by atoms with van der Waals surface area (Å²) in [7, 11) is -4.20. The van der Waals surface area contributed by atoms with E-state index in [4.69, 9.17) is 9.47 Å². The van der Waals surface area contributed by atoms with Crippen LogP contribution in [0.2, 0.25) is 0 Å². The van der Waals surface area contributed by atoms with Crippen molar-refractivity contribution in [2.75, 3.05) is 37.8 Å². The van der Waals surface area contributed by atoms with Crippen molar-refractivity contribution in [2.24, 2.45) is 0 Å². The Kier molecular flexibility index (Phi) is 5.98. The third-order valence-corrected chi connectivity index (χ3v) is 6.93. The summed E-state index contributed by atoms with van der Waals surface area (Å²) in [6.07, 6.45) is 1.18. The zero-order chi connectivity index (χ0) is 22.9. The fourth-order valence-electron chi connectivity index (χ4n) is 3.58. The van der Waals surface area contributed by atoms with Crippen molar-refractivity contribution in [1.82, 2.24) is 4.90 Å². The minimum absolute atomic E-state index is 0.0459. The Hall–Kier alpha value is -3.24. The molecule has 2 heterocycles. The van der Waals surface area contributed by atoms with Crippen LogP contribution in [-0.4, -0.2) is 58.1 Å². The predicted molar refractivity (Wildman–Crippen MR) is 114 cm³/mol. The van der Waals surface area contributed by atoms with Crippen LogP contribution >= 0.6 is 0 Å². The van der Waals surface area contributed by atoms with Gasteiger partial charge in [0.05, 0.1) is 36.0 Å². The van der Waals surface area contributed by atoms with E-state index in [1.165, 1.54) is 22.1 Å². The highest BCUT2D eigenvalue weighted by molar-refractivity contribution is 7.96. The van der Waals surface area contributed by atoms with Gasteiger partial charge in [0.25, 0.3) is 5.91 Å².